The second-order valence-electron chi connectivity index (χ2n) is 6.52. The van der Waals surface area contributed by atoms with E-state index in [2.05, 4.69) is 0 Å². The van der Waals surface area contributed by atoms with Gasteiger partial charge in [0.2, 0.25) is 0 Å². The van der Waals surface area contributed by atoms with Gasteiger partial charge in [0.15, 0.2) is 21.4 Å². The fraction of sp³-hybridized carbons (Fsp3) is 0.500. The van der Waals surface area contributed by atoms with E-state index >= 15 is 0 Å². The molecule has 4 atom stereocenters. The third-order valence-corrected chi connectivity index (χ3v) is 8.66. The predicted octanol–water partition coefficient (Wildman–Crippen LogP) is 2.99. The highest BCUT2D eigenvalue weighted by Crippen LogP contribution is 2.47. The van der Waals surface area contributed by atoms with E-state index in [1.807, 2.05) is 0 Å². The number of allylic oxidation sites excluding steroid dienone is 4. The van der Waals surface area contributed by atoms with Crippen LogP contribution in [0.2, 0.25) is 0 Å². The fourth-order valence-electron chi connectivity index (χ4n) is 3.05. The van der Waals surface area contributed by atoms with Crippen LogP contribution in [0.15, 0.2) is 47.3 Å². The van der Waals surface area contributed by atoms with Crippen LogP contribution in [0.3, 0.4) is 0 Å². The quantitative estimate of drug-likeness (QED) is 0.613. The van der Waals surface area contributed by atoms with Crippen LogP contribution in [0.25, 0.3) is 0 Å². The lowest BCUT2D eigenvalue weighted by molar-refractivity contribution is 0.254. The number of aliphatic hydroxyl groups is 4. The van der Waals surface area contributed by atoms with E-state index in [0.29, 0.717) is 0 Å². The Hall–Kier alpha value is -1.89. The molecular weight excluding hydrogens is 320 g/mol. The minimum absolute atomic E-state index is 0.358. The van der Waals surface area contributed by atoms with Crippen molar-refractivity contribution in [2.75, 3.05) is 0 Å². The van der Waals surface area contributed by atoms with E-state index in [1.54, 1.807) is 0 Å². The van der Waals surface area contributed by atoms with Crippen LogP contribution in [-0.4, -0.2) is 38.3 Å². The molecule has 0 amide bonds. The summed E-state index contributed by atoms with van der Waals surface area (Å²) in [5, 5.41) is 39.2. The zero-order chi connectivity index (χ0) is 17.8. The predicted molar refractivity (Wildman–Crippen MR) is 86.9 cm³/mol. The molecular formula is C16H22O6S. The zero-order valence-electron chi connectivity index (χ0n) is 13.5. The monoisotopic (exact) mass is 342 g/mol. The van der Waals surface area contributed by atoms with Gasteiger partial charge in [0.1, 0.15) is 11.5 Å². The molecule has 0 spiro atoms. The molecule has 4 unspecified atom stereocenters. The summed E-state index contributed by atoms with van der Waals surface area (Å²) in [6, 6.07) is 0. The largest absolute Gasteiger partial charge is 0.508 e. The summed E-state index contributed by atoms with van der Waals surface area (Å²) in [5.74, 6) is -3.23. The van der Waals surface area contributed by atoms with Crippen molar-refractivity contribution < 1.29 is 28.8 Å². The molecule has 23 heavy (non-hydrogen) atoms. The minimum Gasteiger partial charge on any atom is -0.508 e. The first-order valence-corrected chi connectivity index (χ1v) is 8.75. The topological polar surface area (TPSA) is 115 Å². The van der Waals surface area contributed by atoms with Crippen molar-refractivity contribution in [1.82, 2.24) is 0 Å². The van der Waals surface area contributed by atoms with Crippen molar-refractivity contribution in [2.24, 2.45) is 11.8 Å². The first-order chi connectivity index (χ1) is 10.4. The van der Waals surface area contributed by atoms with Gasteiger partial charge in [0, 0.05) is 11.8 Å². The lowest BCUT2D eigenvalue weighted by Gasteiger charge is -2.44. The molecule has 128 valence electrons. The fourth-order valence-corrected chi connectivity index (χ4v) is 5.65. The summed E-state index contributed by atoms with van der Waals surface area (Å²) in [7, 11) is -3.98. The minimum atomic E-state index is -3.98. The standard InChI is InChI=1S/C16H22O6S/c1-9-13(19)11(17)5-7-15(9,3)23(21,22)16(4)8-6-12(18)14(20)10(16)2/h5-10,17-20H,1-4H3. The van der Waals surface area contributed by atoms with E-state index in [9.17, 15) is 28.8 Å². The maximum atomic E-state index is 13.4. The number of hydrogen-bond donors (Lipinski definition) is 4. The summed E-state index contributed by atoms with van der Waals surface area (Å²) >= 11 is 0. The molecule has 0 saturated carbocycles. The average Bonchev–Trinajstić information content (AvgIpc) is 2.50. The average molecular weight is 342 g/mol. The van der Waals surface area contributed by atoms with Crippen LogP contribution in [-0.2, 0) is 9.84 Å². The van der Waals surface area contributed by atoms with Gasteiger partial charge in [-0.25, -0.2) is 8.42 Å². The van der Waals surface area contributed by atoms with Gasteiger partial charge >= 0.3 is 0 Å². The van der Waals surface area contributed by atoms with Crippen molar-refractivity contribution in [3.8, 4) is 0 Å². The summed E-state index contributed by atoms with van der Waals surface area (Å²) in [5.41, 5.74) is 0. The SMILES string of the molecule is CC1C(O)=C(O)C=CC1(C)S(=O)(=O)C1(C)C=CC(O)=C(O)C1C. The summed E-state index contributed by atoms with van der Waals surface area (Å²) in [6.07, 6.45) is 5.04. The molecule has 7 heteroatoms. The Morgan fingerprint density at radius 3 is 1.43 bits per heavy atom. The maximum Gasteiger partial charge on any atom is 0.169 e. The second-order valence-corrected chi connectivity index (χ2v) is 9.29. The smallest absolute Gasteiger partial charge is 0.169 e. The molecule has 2 rings (SSSR count). The highest BCUT2D eigenvalue weighted by molar-refractivity contribution is 7.94. The molecule has 0 fully saturated rings. The van der Waals surface area contributed by atoms with Gasteiger partial charge in [0.05, 0.1) is 9.49 Å². The van der Waals surface area contributed by atoms with Crippen molar-refractivity contribution in [3.05, 3.63) is 47.3 Å². The molecule has 2 aliphatic carbocycles. The van der Waals surface area contributed by atoms with Gasteiger partial charge in [-0.3, -0.25) is 0 Å². The summed E-state index contributed by atoms with van der Waals surface area (Å²) in [6.45, 7) is 5.96. The van der Waals surface area contributed by atoms with Gasteiger partial charge in [-0.1, -0.05) is 26.0 Å². The molecule has 0 aromatic carbocycles. The lowest BCUT2D eigenvalue weighted by Crippen LogP contribution is -2.55. The Morgan fingerprint density at radius 1 is 0.826 bits per heavy atom. The van der Waals surface area contributed by atoms with E-state index < -0.39 is 42.7 Å². The third-order valence-electron chi connectivity index (χ3n) is 5.37. The van der Waals surface area contributed by atoms with Crippen LogP contribution >= 0.6 is 0 Å². The molecule has 6 nitrogen and oxygen atoms in total. The van der Waals surface area contributed by atoms with Crippen LogP contribution in [0.4, 0.5) is 0 Å². The molecule has 0 heterocycles. The second kappa shape index (κ2) is 5.06. The van der Waals surface area contributed by atoms with Crippen molar-refractivity contribution in [3.63, 3.8) is 0 Å². The summed E-state index contributed by atoms with van der Waals surface area (Å²) in [4.78, 5) is 0. The summed E-state index contributed by atoms with van der Waals surface area (Å²) < 4.78 is 23.8. The molecule has 0 radical (unpaired) electrons. The Kier molecular flexibility index (Phi) is 3.84. The molecule has 0 bridgehead atoms. The normalized spacial score (nSPS) is 38.3. The van der Waals surface area contributed by atoms with E-state index in [4.69, 9.17) is 0 Å². The van der Waals surface area contributed by atoms with Crippen LogP contribution in [0.1, 0.15) is 27.7 Å². The van der Waals surface area contributed by atoms with Crippen LogP contribution < -0.4 is 0 Å². The van der Waals surface area contributed by atoms with Gasteiger partial charge in [-0.15, -0.1) is 0 Å². The Balaban J connectivity index is 2.61. The zero-order valence-corrected chi connectivity index (χ0v) is 14.3. The Bertz CT molecular complexity index is 699. The van der Waals surface area contributed by atoms with E-state index in [-0.39, 0.29) is 11.5 Å². The number of aliphatic hydroxyl groups excluding tert-OH is 4. The molecule has 4 N–H and O–H groups in total. The molecule has 0 aliphatic heterocycles. The van der Waals surface area contributed by atoms with E-state index in [1.165, 1.54) is 52.0 Å². The van der Waals surface area contributed by atoms with Gasteiger partial charge in [-0.05, 0) is 26.0 Å². The van der Waals surface area contributed by atoms with Crippen LogP contribution in [0.5, 0.6) is 0 Å². The highest BCUT2D eigenvalue weighted by Gasteiger charge is 2.57. The van der Waals surface area contributed by atoms with Gasteiger partial charge in [0.25, 0.3) is 0 Å². The lowest BCUT2D eigenvalue weighted by atomic mass is 9.87. The molecule has 2 aliphatic rings. The van der Waals surface area contributed by atoms with Gasteiger partial charge in [-0.2, -0.15) is 0 Å². The van der Waals surface area contributed by atoms with Crippen LogP contribution in [0, 0.1) is 11.8 Å². The first-order valence-electron chi connectivity index (χ1n) is 7.27. The number of hydrogen-bond acceptors (Lipinski definition) is 6. The maximum absolute atomic E-state index is 13.4. The molecule has 0 aromatic rings. The third kappa shape index (κ3) is 2.09. The Morgan fingerprint density at radius 2 is 1.13 bits per heavy atom. The van der Waals surface area contributed by atoms with Crippen molar-refractivity contribution in [1.29, 1.82) is 0 Å². The van der Waals surface area contributed by atoms with Crippen molar-refractivity contribution in [2.45, 2.75) is 37.2 Å². The molecule has 0 saturated heterocycles. The Labute approximate surface area is 135 Å². The van der Waals surface area contributed by atoms with Crippen molar-refractivity contribution >= 4 is 9.84 Å². The van der Waals surface area contributed by atoms with E-state index in [0.717, 1.165) is 0 Å². The van der Waals surface area contributed by atoms with Gasteiger partial charge < -0.3 is 20.4 Å². The number of rotatable bonds is 2. The number of sulfone groups is 1. The molecule has 0 aromatic heterocycles. The first kappa shape index (κ1) is 17.5. The highest BCUT2D eigenvalue weighted by atomic mass is 32.2.